The van der Waals surface area contributed by atoms with Gasteiger partial charge in [0.1, 0.15) is 12.0 Å². The molecule has 1 unspecified atom stereocenters. The minimum Gasteiger partial charge on any atom is -0.354 e. The van der Waals surface area contributed by atoms with E-state index in [2.05, 4.69) is 20.3 Å². The Bertz CT molecular complexity index is 1250. The Balaban J connectivity index is 1.63. The Morgan fingerprint density at radius 2 is 1.94 bits per heavy atom. The predicted octanol–water partition coefficient (Wildman–Crippen LogP) is 4.69. The number of nitrogens with two attached hydrogens (primary N) is 1. The fourth-order valence-corrected chi connectivity index (χ4v) is 3.64. The highest BCUT2D eigenvalue weighted by Gasteiger charge is 2.16. The Morgan fingerprint density at radius 1 is 1.12 bits per heavy atom. The molecule has 0 saturated carbocycles. The summed E-state index contributed by atoms with van der Waals surface area (Å²) < 4.78 is 0. The van der Waals surface area contributed by atoms with Crippen molar-refractivity contribution in [2.75, 3.05) is 5.32 Å². The van der Waals surface area contributed by atoms with E-state index in [0.29, 0.717) is 33.7 Å². The van der Waals surface area contributed by atoms with Gasteiger partial charge in [0, 0.05) is 34.3 Å². The highest BCUT2D eigenvalue weighted by molar-refractivity contribution is 6.36. The lowest BCUT2D eigenvalue weighted by atomic mass is 10.1. The number of nitrogens with zero attached hydrogens (tertiary/aromatic N) is 4. The van der Waals surface area contributed by atoms with Gasteiger partial charge in [0.2, 0.25) is 0 Å². The van der Waals surface area contributed by atoms with Crippen LogP contribution >= 0.6 is 23.2 Å². The van der Waals surface area contributed by atoms with Crippen LogP contribution in [0.25, 0.3) is 22.5 Å². The fourth-order valence-electron chi connectivity index (χ4n) is 3.13. The van der Waals surface area contributed by atoms with Gasteiger partial charge in [-0.2, -0.15) is 0 Å². The first-order chi connectivity index (χ1) is 15.4. The number of anilines is 1. The number of rotatable bonds is 7. The van der Waals surface area contributed by atoms with Gasteiger partial charge in [-0.25, -0.2) is 9.97 Å². The minimum atomic E-state index is -0.561. The summed E-state index contributed by atoms with van der Waals surface area (Å²) in [5.41, 5.74) is 9.72. The quantitative estimate of drug-likeness (QED) is 0.203. The number of aromatic amines is 1. The number of hydrogen-bond donors (Lipinski definition) is 3. The summed E-state index contributed by atoms with van der Waals surface area (Å²) in [4.78, 5) is 26.3. The number of halogens is 2. The maximum absolute atomic E-state index is 10.8. The molecule has 0 saturated heterocycles. The van der Waals surface area contributed by atoms with E-state index in [-0.39, 0.29) is 5.69 Å². The molecule has 4 aromatic rings. The zero-order valence-electron chi connectivity index (χ0n) is 16.5. The average Bonchev–Trinajstić information content (AvgIpc) is 3.29. The van der Waals surface area contributed by atoms with Gasteiger partial charge in [-0.15, -0.1) is 0 Å². The van der Waals surface area contributed by atoms with E-state index in [1.54, 1.807) is 36.8 Å². The lowest BCUT2D eigenvalue weighted by Crippen LogP contribution is -2.32. The molecule has 4 rings (SSSR count). The van der Waals surface area contributed by atoms with Crippen LogP contribution in [-0.2, 0) is 6.42 Å². The number of benzene rings is 1. The molecule has 0 radical (unpaired) electrons. The van der Waals surface area contributed by atoms with Gasteiger partial charge < -0.3 is 16.0 Å². The van der Waals surface area contributed by atoms with Crippen molar-refractivity contribution >= 4 is 34.7 Å². The molecule has 4 N–H and O–H groups in total. The number of hydrogen-bond acceptors (Lipinski definition) is 7. The van der Waals surface area contributed by atoms with E-state index >= 15 is 0 Å². The molecule has 3 heterocycles. The van der Waals surface area contributed by atoms with Crippen LogP contribution < -0.4 is 11.1 Å². The molecule has 3 aromatic heterocycles. The van der Waals surface area contributed by atoms with E-state index in [0.717, 1.165) is 16.8 Å². The molecule has 0 amide bonds. The van der Waals surface area contributed by atoms with E-state index < -0.39 is 11.1 Å². The fraction of sp³-hybridized carbons (Fsp3) is 0.0952. The van der Waals surface area contributed by atoms with E-state index in [9.17, 15) is 10.1 Å². The minimum absolute atomic E-state index is 0.0778. The largest absolute Gasteiger partial charge is 0.354 e. The van der Waals surface area contributed by atoms with Gasteiger partial charge >= 0.3 is 0 Å². The molecule has 32 heavy (non-hydrogen) atoms. The Kier molecular flexibility index (Phi) is 6.31. The third-order valence-corrected chi connectivity index (χ3v) is 5.21. The van der Waals surface area contributed by atoms with Crippen molar-refractivity contribution in [2.45, 2.75) is 12.6 Å². The van der Waals surface area contributed by atoms with Crippen LogP contribution in [-0.4, -0.2) is 31.0 Å². The Hall–Kier alpha value is -3.53. The van der Waals surface area contributed by atoms with Crippen molar-refractivity contribution in [3.63, 3.8) is 0 Å². The summed E-state index contributed by atoms with van der Waals surface area (Å²) in [6.07, 6.45) is 4.23. The van der Waals surface area contributed by atoms with Crippen LogP contribution in [0.1, 0.15) is 5.69 Å². The molecule has 162 valence electrons. The molecule has 0 bridgehead atoms. The Labute approximate surface area is 192 Å². The molecule has 0 aliphatic carbocycles. The molecule has 1 aromatic carbocycles. The molecule has 0 fully saturated rings. The smallest absolute Gasteiger partial charge is 0.287 e. The lowest BCUT2D eigenvalue weighted by Gasteiger charge is -2.18. The first-order valence-electron chi connectivity index (χ1n) is 9.47. The van der Waals surface area contributed by atoms with Crippen LogP contribution in [0.15, 0.2) is 61.2 Å². The average molecular weight is 470 g/mol. The maximum atomic E-state index is 10.8. The number of pyridine rings is 2. The topological polar surface area (TPSA) is 136 Å². The van der Waals surface area contributed by atoms with Gasteiger partial charge in [-0.3, -0.25) is 15.1 Å². The number of aromatic nitrogens is 4. The van der Waals surface area contributed by atoms with Gasteiger partial charge in [0.25, 0.3) is 5.69 Å². The number of H-pyrrole nitrogens is 1. The van der Waals surface area contributed by atoms with Crippen molar-refractivity contribution in [3.8, 4) is 22.5 Å². The van der Waals surface area contributed by atoms with Crippen molar-refractivity contribution < 1.29 is 4.92 Å². The second-order valence-corrected chi connectivity index (χ2v) is 7.75. The number of imidazole rings is 1. The standard InChI is InChI=1S/C21H17Cl2N7O2/c22-12-1-4-15(17(23)7-12)18-6-5-16(19-10-25-11-27-19)21(28-18)29-20(24)8-13-2-3-14(9-26-13)30(31)32/h1-7,9-11,20H,8,24H2,(H,25,27)(H,28,29). The zero-order valence-corrected chi connectivity index (χ0v) is 18.0. The molecule has 11 heteroatoms. The molecule has 0 aliphatic rings. The summed E-state index contributed by atoms with van der Waals surface area (Å²) in [6.45, 7) is 0. The van der Waals surface area contributed by atoms with Crippen molar-refractivity contribution in [3.05, 3.63) is 87.0 Å². The predicted molar refractivity (Wildman–Crippen MR) is 123 cm³/mol. The number of nitro groups is 1. The van der Waals surface area contributed by atoms with Crippen molar-refractivity contribution in [2.24, 2.45) is 5.73 Å². The molecule has 1 atom stereocenters. The number of nitrogens with one attached hydrogen (secondary N) is 2. The normalized spacial score (nSPS) is 11.8. The molecule has 0 spiro atoms. The summed E-state index contributed by atoms with van der Waals surface area (Å²) in [6, 6.07) is 11.9. The Morgan fingerprint density at radius 3 is 2.59 bits per heavy atom. The van der Waals surface area contributed by atoms with Crippen molar-refractivity contribution in [1.29, 1.82) is 0 Å². The monoisotopic (exact) mass is 469 g/mol. The van der Waals surface area contributed by atoms with Crippen LogP contribution in [0.3, 0.4) is 0 Å². The van der Waals surface area contributed by atoms with E-state index in [1.807, 2.05) is 12.1 Å². The maximum Gasteiger partial charge on any atom is 0.287 e. The van der Waals surface area contributed by atoms with Crippen LogP contribution in [0.4, 0.5) is 11.5 Å². The second-order valence-electron chi connectivity index (χ2n) is 6.90. The van der Waals surface area contributed by atoms with Crippen LogP contribution in [0, 0.1) is 10.1 Å². The zero-order chi connectivity index (χ0) is 22.7. The van der Waals surface area contributed by atoms with Gasteiger partial charge in [0.15, 0.2) is 0 Å². The van der Waals surface area contributed by atoms with Gasteiger partial charge in [-0.1, -0.05) is 23.2 Å². The summed E-state index contributed by atoms with van der Waals surface area (Å²) >= 11 is 12.4. The first kappa shape index (κ1) is 21.7. The second kappa shape index (κ2) is 9.31. The lowest BCUT2D eigenvalue weighted by molar-refractivity contribution is -0.385. The molecular formula is C21H17Cl2N7O2. The van der Waals surface area contributed by atoms with Crippen LogP contribution in [0.5, 0.6) is 0 Å². The third kappa shape index (κ3) is 4.86. The summed E-state index contributed by atoms with van der Waals surface area (Å²) in [7, 11) is 0. The summed E-state index contributed by atoms with van der Waals surface area (Å²) in [5.74, 6) is 0.521. The highest BCUT2D eigenvalue weighted by atomic mass is 35.5. The molecule has 0 aliphatic heterocycles. The molecular weight excluding hydrogens is 453 g/mol. The van der Waals surface area contributed by atoms with Crippen LogP contribution in [0.2, 0.25) is 10.0 Å². The third-order valence-electron chi connectivity index (χ3n) is 4.66. The van der Waals surface area contributed by atoms with Crippen molar-refractivity contribution in [1.82, 2.24) is 19.9 Å². The molecule has 9 nitrogen and oxygen atoms in total. The van der Waals surface area contributed by atoms with Gasteiger partial charge in [-0.05, 0) is 36.4 Å². The van der Waals surface area contributed by atoms with Gasteiger partial charge in [0.05, 0.1) is 40.0 Å². The first-order valence-corrected chi connectivity index (χ1v) is 10.2. The van der Waals surface area contributed by atoms with E-state index in [1.165, 1.54) is 12.3 Å². The summed E-state index contributed by atoms with van der Waals surface area (Å²) in [5, 5.41) is 15.0. The highest BCUT2D eigenvalue weighted by Crippen LogP contribution is 2.33. The SMILES string of the molecule is NC(Cc1ccc([N+](=O)[O-])cn1)Nc1nc(-c2ccc(Cl)cc2Cl)ccc1-c1cnc[nH]1. The van der Waals surface area contributed by atoms with E-state index in [4.69, 9.17) is 33.9 Å².